The second-order valence-electron chi connectivity index (χ2n) is 2.68. The van der Waals surface area contributed by atoms with Crippen molar-refractivity contribution in [2.45, 2.75) is 18.8 Å². The van der Waals surface area contributed by atoms with Gasteiger partial charge in [0.05, 0.1) is 0 Å². The van der Waals surface area contributed by atoms with Gasteiger partial charge in [-0.2, -0.15) is 0 Å². The molecule has 1 fully saturated rings. The molecule has 4 N–H and O–H groups in total. The summed E-state index contributed by atoms with van der Waals surface area (Å²) in [5.74, 6) is -5.40. The zero-order valence-electron chi connectivity index (χ0n) is 6.89. The van der Waals surface area contributed by atoms with Crippen LogP contribution in [0, 0.1) is 0 Å². The van der Waals surface area contributed by atoms with Gasteiger partial charge in [-0.3, -0.25) is 14.6 Å². The molecule has 1 atom stereocenters. The van der Waals surface area contributed by atoms with Gasteiger partial charge in [0, 0.05) is 6.54 Å². The summed E-state index contributed by atoms with van der Waals surface area (Å²) in [5, 5.41) is 27.6. The van der Waals surface area contributed by atoms with E-state index in [0.717, 1.165) is 5.01 Å². The van der Waals surface area contributed by atoms with Crippen molar-refractivity contribution in [3.8, 4) is 0 Å². The Bertz CT molecular complexity index is 251. The average Bonchev–Trinajstić information content (AvgIpc) is 2.25. The molecule has 1 heterocycles. The number of nitrogens with zero attached hydrogens (tertiary/aromatic N) is 1. The van der Waals surface area contributed by atoms with Gasteiger partial charge in [0.2, 0.25) is 0 Å². The number of carbonyl (C=O) groups excluding carboxylic acids is 1. The topological polar surface area (TPSA) is 110 Å². The maximum Gasteiger partial charge on any atom is 0.328 e. The number of hydrogen-bond donors (Lipinski definition) is 4. The number of nitrogens with one attached hydrogen (secondary N) is 1. The monoisotopic (exact) mass is 190 g/mol. The van der Waals surface area contributed by atoms with E-state index in [-0.39, 0.29) is 6.54 Å². The van der Waals surface area contributed by atoms with Gasteiger partial charge >= 0.3 is 5.97 Å². The van der Waals surface area contributed by atoms with E-state index in [2.05, 4.69) is 5.43 Å². The van der Waals surface area contributed by atoms with E-state index in [1.54, 1.807) is 6.92 Å². The van der Waals surface area contributed by atoms with Crippen LogP contribution in [0.25, 0.3) is 0 Å². The Hall–Kier alpha value is -1.18. The van der Waals surface area contributed by atoms with E-state index in [1.807, 2.05) is 0 Å². The normalized spacial score (nSPS) is 26.5. The van der Waals surface area contributed by atoms with Gasteiger partial charge in [-0.25, -0.2) is 5.43 Å². The number of rotatable bonds is 2. The molecule has 0 bridgehead atoms. The minimum atomic E-state index is -2.86. The van der Waals surface area contributed by atoms with E-state index in [4.69, 9.17) is 15.3 Å². The Morgan fingerprint density at radius 3 is 2.46 bits per heavy atom. The molecule has 0 radical (unpaired) electrons. The molecule has 1 amide bonds. The van der Waals surface area contributed by atoms with E-state index >= 15 is 0 Å². The molecule has 1 saturated heterocycles. The van der Waals surface area contributed by atoms with Crippen LogP contribution >= 0.6 is 0 Å². The molecule has 1 aliphatic rings. The SMILES string of the molecule is CCN1NC(C(=O)O)C(O)(O)C1=O. The van der Waals surface area contributed by atoms with Crippen molar-refractivity contribution in [2.24, 2.45) is 0 Å². The van der Waals surface area contributed by atoms with Crippen molar-refractivity contribution < 1.29 is 24.9 Å². The summed E-state index contributed by atoms with van der Waals surface area (Å²) in [5.41, 5.74) is 2.16. The number of aliphatic carboxylic acids is 1. The number of amides is 1. The quantitative estimate of drug-likeness (QED) is 0.358. The first-order valence-corrected chi connectivity index (χ1v) is 3.67. The minimum absolute atomic E-state index is 0.158. The van der Waals surface area contributed by atoms with Crippen LogP contribution in [0.3, 0.4) is 0 Å². The van der Waals surface area contributed by atoms with E-state index in [1.165, 1.54) is 0 Å². The van der Waals surface area contributed by atoms with Crippen molar-refractivity contribution in [1.29, 1.82) is 0 Å². The summed E-state index contributed by atoms with van der Waals surface area (Å²) in [6.07, 6.45) is 0. The molecule has 7 nitrogen and oxygen atoms in total. The zero-order chi connectivity index (χ0) is 10.2. The molecule has 13 heavy (non-hydrogen) atoms. The third-order valence-electron chi connectivity index (χ3n) is 1.81. The average molecular weight is 190 g/mol. The number of carboxylic acids is 1. The summed E-state index contributed by atoms with van der Waals surface area (Å²) >= 11 is 0. The van der Waals surface area contributed by atoms with Gasteiger partial charge < -0.3 is 15.3 Å². The molecule has 0 saturated carbocycles. The van der Waals surface area contributed by atoms with Crippen LogP contribution in [0.5, 0.6) is 0 Å². The predicted octanol–water partition coefficient (Wildman–Crippen LogP) is -2.51. The predicted molar refractivity (Wildman–Crippen MR) is 39.1 cm³/mol. The standard InChI is InChI=1S/C6H10N2O5/c1-2-8-5(11)6(12,13)3(7-8)4(9)10/h3,7,12-13H,2H2,1H3,(H,9,10). The largest absolute Gasteiger partial charge is 0.480 e. The molecule has 74 valence electrons. The third-order valence-corrected chi connectivity index (χ3v) is 1.81. The van der Waals surface area contributed by atoms with Gasteiger partial charge in [0.15, 0.2) is 6.04 Å². The zero-order valence-corrected chi connectivity index (χ0v) is 6.89. The van der Waals surface area contributed by atoms with Crippen molar-refractivity contribution >= 4 is 11.9 Å². The molecule has 1 rings (SSSR count). The molecule has 0 aromatic carbocycles. The molecular formula is C6H10N2O5. The maximum absolute atomic E-state index is 11.1. The first-order chi connectivity index (χ1) is 5.91. The highest BCUT2D eigenvalue weighted by molar-refractivity contribution is 5.93. The van der Waals surface area contributed by atoms with Gasteiger partial charge in [-0.05, 0) is 6.92 Å². The Morgan fingerprint density at radius 1 is 1.69 bits per heavy atom. The van der Waals surface area contributed by atoms with Crippen LogP contribution in [0.2, 0.25) is 0 Å². The Morgan fingerprint density at radius 2 is 2.23 bits per heavy atom. The summed E-state index contributed by atoms with van der Waals surface area (Å²) in [6, 6.07) is -1.71. The van der Waals surface area contributed by atoms with Gasteiger partial charge in [-0.15, -0.1) is 0 Å². The molecule has 1 aliphatic heterocycles. The second-order valence-corrected chi connectivity index (χ2v) is 2.68. The van der Waals surface area contributed by atoms with Crippen molar-refractivity contribution in [3.05, 3.63) is 0 Å². The smallest absolute Gasteiger partial charge is 0.328 e. The van der Waals surface area contributed by atoms with Crippen LogP contribution < -0.4 is 5.43 Å². The molecular weight excluding hydrogens is 180 g/mol. The third kappa shape index (κ3) is 1.37. The van der Waals surface area contributed by atoms with Crippen LogP contribution in [0.1, 0.15) is 6.92 Å². The number of carbonyl (C=O) groups is 2. The number of aliphatic hydroxyl groups is 2. The van der Waals surface area contributed by atoms with Crippen molar-refractivity contribution in [3.63, 3.8) is 0 Å². The maximum atomic E-state index is 11.1. The lowest BCUT2D eigenvalue weighted by atomic mass is 10.1. The van der Waals surface area contributed by atoms with Crippen LogP contribution in [0.4, 0.5) is 0 Å². The first-order valence-electron chi connectivity index (χ1n) is 3.67. The van der Waals surface area contributed by atoms with Crippen molar-refractivity contribution in [1.82, 2.24) is 10.4 Å². The number of likely N-dealkylation sites (N-methyl/N-ethyl adjacent to an activating group) is 1. The summed E-state index contributed by atoms with van der Waals surface area (Å²) < 4.78 is 0. The van der Waals surface area contributed by atoms with Crippen LogP contribution in [-0.4, -0.2) is 50.6 Å². The molecule has 0 aromatic heterocycles. The molecule has 1 unspecified atom stereocenters. The summed E-state index contributed by atoms with van der Waals surface area (Å²) in [4.78, 5) is 21.5. The fourth-order valence-corrected chi connectivity index (χ4v) is 1.09. The van der Waals surface area contributed by atoms with E-state index < -0.39 is 23.7 Å². The molecule has 7 heteroatoms. The lowest BCUT2D eigenvalue weighted by molar-refractivity contribution is -0.192. The fraction of sp³-hybridized carbons (Fsp3) is 0.667. The Kier molecular flexibility index (Phi) is 2.24. The van der Waals surface area contributed by atoms with E-state index in [0.29, 0.717) is 0 Å². The Balaban J connectivity index is 2.93. The Labute approximate surface area is 73.5 Å². The van der Waals surface area contributed by atoms with Gasteiger partial charge in [-0.1, -0.05) is 0 Å². The summed E-state index contributed by atoms with van der Waals surface area (Å²) in [6.45, 7) is 1.73. The van der Waals surface area contributed by atoms with Gasteiger partial charge in [0.1, 0.15) is 0 Å². The number of carboxylic acid groups (broad SMARTS) is 1. The van der Waals surface area contributed by atoms with Gasteiger partial charge in [0.25, 0.3) is 11.7 Å². The van der Waals surface area contributed by atoms with Crippen LogP contribution in [0.15, 0.2) is 0 Å². The van der Waals surface area contributed by atoms with Crippen LogP contribution in [-0.2, 0) is 9.59 Å². The second kappa shape index (κ2) is 2.95. The van der Waals surface area contributed by atoms with Crippen molar-refractivity contribution in [2.75, 3.05) is 6.54 Å². The lowest BCUT2D eigenvalue weighted by Crippen LogP contribution is -2.51. The lowest BCUT2D eigenvalue weighted by Gasteiger charge is -2.14. The highest BCUT2D eigenvalue weighted by Crippen LogP contribution is 2.17. The van der Waals surface area contributed by atoms with E-state index in [9.17, 15) is 9.59 Å². The first kappa shape index (κ1) is 9.90. The number of hydrazine groups is 1. The minimum Gasteiger partial charge on any atom is -0.480 e. The fourth-order valence-electron chi connectivity index (χ4n) is 1.09. The highest BCUT2D eigenvalue weighted by Gasteiger charge is 2.55. The molecule has 0 spiro atoms. The molecule has 0 aromatic rings. The highest BCUT2D eigenvalue weighted by atomic mass is 16.5. The molecule has 0 aliphatic carbocycles. The number of hydrogen-bond acceptors (Lipinski definition) is 5. The summed E-state index contributed by atoms with van der Waals surface area (Å²) in [7, 11) is 0.